The molecular weight excluding hydrogens is 868 g/mol. The third-order valence-electron chi connectivity index (χ3n) is 11.7. The Kier molecular flexibility index (Phi) is 15.8. The minimum absolute atomic E-state index is 0.0383. The largest absolute Gasteiger partial charge is 0.497 e. The number of aliphatic imine (C=N–C) groups is 1. The fraction of sp³-hybridized carbons (Fsp3) is 0.415. The average molecular weight is 931 g/mol. The highest BCUT2D eigenvalue weighted by molar-refractivity contribution is 7.54. The van der Waals surface area contributed by atoms with Gasteiger partial charge in [0.1, 0.15) is 40.8 Å². The Labute approximate surface area is 394 Å². The van der Waals surface area contributed by atoms with Crippen LogP contribution in [0.15, 0.2) is 119 Å². The van der Waals surface area contributed by atoms with E-state index in [0.717, 1.165) is 35.3 Å². The van der Waals surface area contributed by atoms with Crippen molar-refractivity contribution < 1.29 is 37.7 Å². The zero-order valence-electron chi connectivity index (χ0n) is 39.8. The maximum Gasteiger partial charge on any atom is 0.380 e. The number of hydrogen-bond donors (Lipinski definition) is 1. The van der Waals surface area contributed by atoms with Crippen LogP contribution in [0.25, 0.3) is 0 Å². The molecule has 7 rings (SSSR count). The first-order valence-corrected chi connectivity index (χ1v) is 24.7. The molecule has 2 aliphatic heterocycles. The summed E-state index contributed by atoms with van der Waals surface area (Å²) in [5.74, 6) is 9.25. The van der Waals surface area contributed by atoms with Crippen molar-refractivity contribution in [1.82, 2.24) is 14.5 Å². The minimum atomic E-state index is -3.47. The Morgan fingerprint density at radius 2 is 1.51 bits per heavy atom. The molecule has 2 aliphatic rings. The van der Waals surface area contributed by atoms with Gasteiger partial charge in [0.2, 0.25) is 0 Å². The average Bonchev–Trinajstić information content (AvgIpc) is 3.68. The highest BCUT2D eigenvalue weighted by atomic mass is 31.2. The number of methoxy groups -OCH3 is 2. The van der Waals surface area contributed by atoms with Crippen LogP contribution in [0.1, 0.15) is 94.9 Å². The summed E-state index contributed by atoms with van der Waals surface area (Å²) in [6.07, 6.45) is 1.69. The van der Waals surface area contributed by atoms with E-state index < -0.39 is 42.9 Å². The number of para-hydroxylation sites is 1. The first-order chi connectivity index (χ1) is 32.1. The maximum absolute atomic E-state index is 13.9. The SMILES string of the molecule is COc1ccc(C(OCC2OC(n3cc(C#CCCCP4(=O)Oc5ccccc5C(C)(C)O4)c(/N=C/N(CC(C)C)CC(C)C)nc3=O)CC2O)(c2ccccc2)c2ccc(OC)cc2)cc1. The zero-order chi connectivity index (χ0) is 47.8. The van der Waals surface area contributed by atoms with Gasteiger partial charge in [-0.25, -0.2) is 14.4 Å². The Morgan fingerprint density at radius 3 is 2.12 bits per heavy atom. The normalized spacial score (nSPS) is 20.0. The van der Waals surface area contributed by atoms with Crippen molar-refractivity contribution in [2.45, 2.75) is 90.4 Å². The molecule has 0 amide bonds. The van der Waals surface area contributed by atoms with Gasteiger partial charge in [-0.05, 0) is 79.1 Å². The lowest BCUT2D eigenvalue weighted by Crippen LogP contribution is -2.38. The molecule has 13 nitrogen and oxygen atoms in total. The fourth-order valence-electron chi connectivity index (χ4n) is 8.63. The lowest BCUT2D eigenvalue weighted by atomic mass is 9.80. The van der Waals surface area contributed by atoms with Gasteiger partial charge in [-0.1, -0.05) is 112 Å². The van der Waals surface area contributed by atoms with Crippen LogP contribution in [0.3, 0.4) is 0 Å². The van der Waals surface area contributed by atoms with Gasteiger partial charge in [0.15, 0.2) is 5.82 Å². The summed E-state index contributed by atoms with van der Waals surface area (Å²) in [6, 6.07) is 32.7. The van der Waals surface area contributed by atoms with Gasteiger partial charge in [0.05, 0.1) is 45.0 Å². The summed E-state index contributed by atoms with van der Waals surface area (Å²) in [4.78, 5) is 25.2. The molecule has 0 aliphatic carbocycles. The van der Waals surface area contributed by atoms with Crippen LogP contribution in [-0.2, 0) is 29.8 Å². The highest BCUT2D eigenvalue weighted by Gasteiger charge is 2.43. The summed E-state index contributed by atoms with van der Waals surface area (Å²) >= 11 is 0. The molecule has 4 atom stereocenters. The topological polar surface area (TPSA) is 143 Å². The van der Waals surface area contributed by atoms with Gasteiger partial charge in [-0.2, -0.15) is 4.98 Å². The van der Waals surface area contributed by atoms with Crippen molar-refractivity contribution >= 4 is 19.8 Å². The van der Waals surface area contributed by atoms with Gasteiger partial charge in [0, 0.05) is 37.7 Å². The van der Waals surface area contributed by atoms with Crippen LogP contribution in [0.5, 0.6) is 17.2 Å². The zero-order valence-corrected chi connectivity index (χ0v) is 40.6. The Balaban J connectivity index is 1.16. The lowest BCUT2D eigenvalue weighted by Gasteiger charge is -2.37. The molecule has 0 spiro atoms. The minimum Gasteiger partial charge on any atom is -0.497 e. The van der Waals surface area contributed by atoms with E-state index >= 15 is 0 Å². The van der Waals surface area contributed by atoms with E-state index in [1.54, 1.807) is 26.8 Å². The molecule has 0 radical (unpaired) electrons. The van der Waals surface area contributed by atoms with Crippen LogP contribution in [-0.4, -0.2) is 78.2 Å². The first-order valence-electron chi connectivity index (χ1n) is 22.9. The summed E-state index contributed by atoms with van der Waals surface area (Å²) in [5.41, 5.74) is 1.23. The monoisotopic (exact) mass is 930 g/mol. The van der Waals surface area contributed by atoms with E-state index in [0.29, 0.717) is 47.5 Å². The number of aliphatic hydroxyl groups is 1. The molecule has 0 saturated carbocycles. The lowest BCUT2D eigenvalue weighted by molar-refractivity contribution is -0.0944. The number of aliphatic hydroxyl groups excluding tert-OH is 1. The van der Waals surface area contributed by atoms with Crippen LogP contribution in [0.4, 0.5) is 5.82 Å². The van der Waals surface area contributed by atoms with Gasteiger partial charge in [0.25, 0.3) is 0 Å². The standard InChI is InChI=1S/C53H63N4O9P/c1-37(2)32-56(33-38(3)4)36-54-50-39(17-11-10-16-30-67(60)65-47-21-15-14-20-45(47)52(5,6)66-67)34-57(51(59)55-50)49-31-46(58)48(64-49)35-63-53(40-18-12-9-13-19-40,41-22-26-43(61-7)27-23-41)42-24-28-44(62-8)29-25-42/h9,12-15,18-29,34,36-38,46,48-49,58H,10,16,30-33,35H2,1-8H3/b54-36+. The number of hydrogen-bond acceptors (Lipinski definition) is 11. The van der Waals surface area contributed by atoms with Crippen molar-refractivity contribution in [3.63, 3.8) is 0 Å². The molecule has 1 fully saturated rings. The fourth-order valence-corrected chi connectivity index (χ4v) is 10.7. The molecule has 4 unspecified atom stereocenters. The molecule has 1 saturated heterocycles. The van der Waals surface area contributed by atoms with E-state index in [-0.39, 0.29) is 25.0 Å². The predicted molar refractivity (Wildman–Crippen MR) is 260 cm³/mol. The number of benzene rings is 4. The second-order valence-corrected chi connectivity index (χ2v) is 20.4. The number of ether oxygens (including phenoxy) is 4. The number of aromatic nitrogens is 2. The number of unbranched alkanes of at least 4 members (excludes halogenated alkanes) is 1. The summed E-state index contributed by atoms with van der Waals surface area (Å²) < 4.78 is 51.8. The van der Waals surface area contributed by atoms with Crippen LogP contribution < -0.4 is 19.7 Å². The van der Waals surface area contributed by atoms with E-state index in [4.69, 9.17) is 33.0 Å². The third kappa shape index (κ3) is 11.7. The second-order valence-electron chi connectivity index (χ2n) is 18.3. The van der Waals surface area contributed by atoms with Gasteiger partial charge in [-0.3, -0.25) is 9.09 Å². The summed E-state index contributed by atoms with van der Waals surface area (Å²) in [5, 5.41) is 11.6. The number of fused-ring (bicyclic) bond motifs is 1. The molecule has 67 heavy (non-hydrogen) atoms. The van der Waals surface area contributed by atoms with Crippen LogP contribution >= 0.6 is 7.60 Å². The molecule has 1 N–H and O–H groups in total. The van der Waals surface area contributed by atoms with E-state index in [9.17, 15) is 14.5 Å². The predicted octanol–water partition coefficient (Wildman–Crippen LogP) is 9.86. The van der Waals surface area contributed by atoms with Gasteiger partial charge < -0.3 is 33.5 Å². The molecule has 14 heteroatoms. The van der Waals surface area contributed by atoms with Gasteiger partial charge >= 0.3 is 13.3 Å². The summed E-state index contributed by atoms with van der Waals surface area (Å²) in [6.45, 7) is 13.8. The third-order valence-corrected chi connectivity index (χ3v) is 13.8. The molecule has 354 valence electrons. The van der Waals surface area contributed by atoms with E-state index in [2.05, 4.69) is 49.4 Å². The highest BCUT2D eigenvalue weighted by Crippen LogP contribution is 2.59. The molecule has 1 aromatic heterocycles. The van der Waals surface area contributed by atoms with Crippen molar-refractivity contribution in [3.8, 4) is 29.1 Å². The molecule has 5 aromatic rings. The molecule has 3 heterocycles. The van der Waals surface area contributed by atoms with Crippen molar-refractivity contribution in [2.24, 2.45) is 16.8 Å². The van der Waals surface area contributed by atoms with Crippen LogP contribution in [0.2, 0.25) is 0 Å². The van der Waals surface area contributed by atoms with E-state index in [1.165, 1.54) is 4.57 Å². The smallest absolute Gasteiger partial charge is 0.380 e. The van der Waals surface area contributed by atoms with Crippen molar-refractivity contribution in [2.75, 3.05) is 40.1 Å². The van der Waals surface area contributed by atoms with Crippen molar-refractivity contribution in [3.05, 3.63) is 148 Å². The number of rotatable bonds is 18. The quantitative estimate of drug-likeness (QED) is 0.0224. The van der Waals surface area contributed by atoms with Crippen LogP contribution in [0, 0.1) is 23.7 Å². The molecular formula is C53H63N4O9P. The second kappa shape index (κ2) is 21.5. The molecule has 0 bridgehead atoms. The Hall–Kier alpha value is -5.74. The van der Waals surface area contributed by atoms with Gasteiger partial charge in [-0.15, -0.1) is 0 Å². The maximum atomic E-state index is 13.9. The Bertz CT molecular complexity index is 2580. The summed E-state index contributed by atoms with van der Waals surface area (Å²) in [7, 11) is -0.224. The Morgan fingerprint density at radius 1 is 0.910 bits per heavy atom. The molecule has 4 aromatic carbocycles. The number of nitrogens with zero attached hydrogens (tertiary/aromatic N) is 4. The van der Waals surface area contributed by atoms with Crippen molar-refractivity contribution in [1.29, 1.82) is 0 Å². The first kappa shape index (κ1) is 49.2. The van der Waals surface area contributed by atoms with E-state index in [1.807, 2.05) is 117 Å².